The second kappa shape index (κ2) is 13.3. The van der Waals surface area contributed by atoms with Crippen molar-refractivity contribution < 1.29 is 28.9 Å². The molecule has 0 aliphatic carbocycles. The molecule has 2 heterocycles. The van der Waals surface area contributed by atoms with Gasteiger partial charge in [-0.05, 0) is 53.0 Å². The summed E-state index contributed by atoms with van der Waals surface area (Å²) in [5.41, 5.74) is 4.58. The Labute approximate surface area is 263 Å². The van der Waals surface area contributed by atoms with Crippen molar-refractivity contribution in [1.29, 1.82) is 0 Å². The van der Waals surface area contributed by atoms with Crippen LogP contribution in [0.2, 0.25) is 5.02 Å². The van der Waals surface area contributed by atoms with Crippen LogP contribution in [0.1, 0.15) is 36.0 Å². The van der Waals surface area contributed by atoms with Crippen LogP contribution < -0.4 is 9.47 Å². The Morgan fingerprint density at radius 2 is 1.76 bits per heavy atom. The molecule has 1 N–H and O–H groups in total. The number of rotatable bonds is 11. The number of nitro groups is 1. The van der Waals surface area contributed by atoms with E-state index < -0.39 is 16.9 Å². The van der Waals surface area contributed by atoms with Crippen molar-refractivity contribution in [3.8, 4) is 22.6 Å². The number of nitro benzene ring substituents is 1. The molecular weight excluding hydrogens is 600 g/mol. The summed E-state index contributed by atoms with van der Waals surface area (Å²) in [4.78, 5) is 25.6. The monoisotopic (exact) mass is 628 g/mol. The molecule has 1 aliphatic heterocycles. The van der Waals surface area contributed by atoms with E-state index in [0.29, 0.717) is 45.9 Å². The largest absolute Gasteiger partial charge is 0.488 e. The third kappa shape index (κ3) is 6.74. The molecule has 1 saturated heterocycles. The van der Waals surface area contributed by atoms with Gasteiger partial charge in [0.25, 0.3) is 0 Å². The number of benzene rings is 4. The van der Waals surface area contributed by atoms with Crippen molar-refractivity contribution in [1.82, 2.24) is 15.2 Å². The minimum Gasteiger partial charge on any atom is -0.488 e. The van der Waals surface area contributed by atoms with Crippen LogP contribution in [0.4, 0.5) is 5.69 Å². The Hall–Kier alpha value is -5.00. The number of hydrogen-bond acceptors (Lipinski definition) is 9. The lowest BCUT2D eigenvalue weighted by Gasteiger charge is -2.33. The van der Waals surface area contributed by atoms with Crippen molar-refractivity contribution in [3.63, 3.8) is 0 Å². The number of halogens is 1. The van der Waals surface area contributed by atoms with Gasteiger partial charge in [-0.2, -0.15) is 0 Å². The van der Waals surface area contributed by atoms with Crippen LogP contribution in [0.5, 0.6) is 11.5 Å². The second-order valence-electron chi connectivity index (χ2n) is 10.8. The molecule has 12 heteroatoms. The zero-order valence-electron chi connectivity index (χ0n) is 24.1. The number of piperidine rings is 1. The number of aromatic nitrogens is 2. The molecule has 1 fully saturated rings. The van der Waals surface area contributed by atoms with Crippen LogP contribution in [0.25, 0.3) is 22.2 Å². The van der Waals surface area contributed by atoms with Crippen LogP contribution in [-0.2, 0) is 24.6 Å². The summed E-state index contributed by atoms with van der Waals surface area (Å²) in [7, 11) is 0. The Morgan fingerprint density at radius 1 is 0.956 bits per heavy atom. The first kappa shape index (κ1) is 30.0. The quantitative estimate of drug-likeness (QED) is 0.119. The molecule has 5 aromatic rings. The van der Waals surface area contributed by atoms with Gasteiger partial charge in [-0.15, -0.1) is 0 Å². The second-order valence-corrected chi connectivity index (χ2v) is 11.2. The first-order valence-electron chi connectivity index (χ1n) is 14.4. The van der Waals surface area contributed by atoms with Gasteiger partial charge < -0.3 is 14.6 Å². The lowest BCUT2D eigenvalue weighted by Crippen LogP contribution is -2.44. The topological polar surface area (TPSA) is 141 Å². The number of nitrogens with zero attached hydrogens (tertiary/aromatic N) is 4. The number of carboxylic acid groups (broad SMARTS) is 1. The molecule has 1 aliphatic rings. The fourth-order valence-electron chi connectivity index (χ4n) is 5.55. The van der Waals surface area contributed by atoms with Crippen molar-refractivity contribution in [2.24, 2.45) is 0 Å². The molecule has 1 atom stereocenters. The van der Waals surface area contributed by atoms with Gasteiger partial charge in [0.1, 0.15) is 36.0 Å². The third-order valence-corrected chi connectivity index (χ3v) is 8.32. The van der Waals surface area contributed by atoms with Crippen molar-refractivity contribution in [3.05, 3.63) is 111 Å². The SMILES string of the molecule is O=C(O)[C@@H]1CCCCN1Cc1cc([N+](=O)[O-])c(OCc2cccc(-c3ccccc3)c2Cl)cc1OCc1ccc2nonc2c1. The fraction of sp³-hybridized carbons (Fsp3) is 0.242. The predicted molar refractivity (Wildman–Crippen MR) is 166 cm³/mol. The van der Waals surface area contributed by atoms with Gasteiger partial charge in [0.05, 0.1) is 9.95 Å². The van der Waals surface area contributed by atoms with Gasteiger partial charge in [0.15, 0.2) is 0 Å². The predicted octanol–water partition coefficient (Wildman–Crippen LogP) is 7.05. The fourth-order valence-corrected chi connectivity index (χ4v) is 5.84. The van der Waals surface area contributed by atoms with Gasteiger partial charge in [-0.3, -0.25) is 19.8 Å². The van der Waals surface area contributed by atoms with E-state index in [4.69, 9.17) is 25.7 Å². The van der Waals surface area contributed by atoms with E-state index >= 15 is 0 Å². The minimum atomic E-state index is -0.921. The summed E-state index contributed by atoms with van der Waals surface area (Å²) in [5, 5.41) is 30.3. The first-order chi connectivity index (χ1) is 21.9. The lowest BCUT2D eigenvalue weighted by molar-refractivity contribution is -0.386. The van der Waals surface area contributed by atoms with Crippen LogP contribution >= 0.6 is 11.6 Å². The normalized spacial score (nSPS) is 15.2. The molecule has 230 valence electrons. The molecule has 1 aromatic heterocycles. The number of ether oxygens (including phenoxy) is 2. The summed E-state index contributed by atoms with van der Waals surface area (Å²) in [6, 6.07) is 22.8. The van der Waals surface area contributed by atoms with Crippen LogP contribution in [-0.4, -0.2) is 43.8 Å². The summed E-state index contributed by atoms with van der Waals surface area (Å²) >= 11 is 6.76. The molecule has 0 radical (unpaired) electrons. The van der Waals surface area contributed by atoms with Gasteiger partial charge >= 0.3 is 11.7 Å². The Morgan fingerprint density at radius 3 is 2.56 bits per heavy atom. The highest BCUT2D eigenvalue weighted by molar-refractivity contribution is 6.34. The molecule has 0 bridgehead atoms. The minimum absolute atomic E-state index is 0.00418. The highest BCUT2D eigenvalue weighted by atomic mass is 35.5. The summed E-state index contributed by atoms with van der Waals surface area (Å²) in [6.45, 7) is 0.793. The maximum atomic E-state index is 12.3. The molecule has 11 nitrogen and oxygen atoms in total. The number of likely N-dealkylation sites (tertiary alicyclic amines) is 1. The van der Waals surface area contributed by atoms with Gasteiger partial charge in [0.2, 0.25) is 5.75 Å². The maximum absolute atomic E-state index is 12.3. The van der Waals surface area contributed by atoms with Crippen molar-refractivity contribution in [2.75, 3.05) is 6.54 Å². The van der Waals surface area contributed by atoms with Crippen LogP contribution in [0.15, 0.2) is 83.5 Å². The number of fused-ring (bicyclic) bond motifs is 1. The number of carbonyl (C=O) groups is 1. The zero-order valence-corrected chi connectivity index (χ0v) is 24.9. The van der Waals surface area contributed by atoms with E-state index in [2.05, 4.69) is 10.3 Å². The number of carboxylic acids is 1. The van der Waals surface area contributed by atoms with E-state index in [-0.39, 0.29) is 31.2 Å². The van der Waals surface area contributed by atoms with Crippen LogP contribution in [0.3, 0.4) is 0 Å². The van der Waals surface area contributed by atoms with E-state index in [1.807, 2.05) is 59.5 Å². The van der Waals surface area contributed by atoms with Crippen LogP contribution in [0, 0.1) is 10.1 Å². The van der Waals surface area contributed by atoms with Gasteiger partial charge in [-0.1, -0.05) is 72.6 Å². The Kier molecular flexibility index (Phi) is 8.90. The van der Waals surface area contributed by atoms with E-state index in [0.717, 1.165) is 29.5 Å². The molecule has 0 saturated carbocycles. The molecule has 0 unspecified atom stereocenters. The molecule has 0 spiro atoms. The first-order valence-corrected chi connectivity index (χ1v) is 14.8. The van der Waals surface area contributed by atoms with E-state index in [1.165, 1.54) is 12.1 Å². The van der Waals surface area contributed by atoms with E-state index in [1.54, 1.807) is 12.1 Å². The van der Waals surface area contributed by atoms with E-state index in [9.17, 15) is 20.0 Å². The average Bonchev–Trinajstić information content (AvgIpc) is 3.52. The smallest absolute Gasteiger partial charge is 0.320 e. The zero-order chi connectivity index (χ0) is 31.3. The molecular formula is C33H29ClN4O7. The Balaban J connectivity index is 1.32. The number of aliphatic carboxylic acids is 1. The summed E-state index contributed by atoms with van der Waals surface area (Å²) in [6.07, 6.45) is 2.14. The standard InChI is InChI=1S/C33H29ClN4O7/c34-32-23(9-6-10-25(32)22-7-2-1-3-8-22)20-44-31-17-30(43-19-21-12-13-26-27(15-21)36-45-35-26)24(16-29(31)38(41)42)18-37-14-5-4-11-28(37)33(39)40/h1-3,6-10,12-13,15-17,28H,4-5,11,14,18-20H2,(H,39,40)/t28-/m0/s1. The third-order valence-electron chi connectivity index (χ3n) is 7.87. The van der Waals surface area contributed by atoms with Gasteiger partial charge in [-0.25, -0.2) is 4.63 Å². The summed E-state index contributed by atoms with van der Waals surface area (Å²) < 4.78 is 17.1. The number of hydrogen-bond donors (Lipinski definition) is 1. The highest BCUT2D eigenvalue weighted by Gasteiger charge is 2.30. The molecule has 4 aromatic carbocycles. The average molecular weight is 629 g/mol. The molecule has 45 heavy (non-hydrogen) atoms. The Bertz CT molecular complexity index is 1850. The lowest BCUT2D eigenvalue weighted by atomic mass is 10.0. The molecule has 0 amide bonds. The highest BCUT2D eigenvalue weighted by Crippen LogP contribution is 2.38. The summed E-state index contributed by atoms with van der Waals surface area (Å²) in [5.74, 6) is -0.576. The van der Waals surface area contributed by atoms with Gasteiger partial charge in [0, 0.05) is 35.4 Å². The van der Waals surface area contributed by atoms with Crippen molar-refractivity contribution >= 4 is 34.3 Å². The van der Waals surface area contributed by atoms with Crippen molar-refractivity contribution in [2.45, 2.75) is 45.1 Å². The molecule has 6 rings (SSSR count). The maximum Gasteiger partial charge on any atom is 0.320 e.